The van der Waals surface area contributed by atoms with E-state index in [2.05, 4.69) is 20.7 Å². The quantitative estimate of drug-likeness (QED) is 0.374. The Kier molecular flexibility index (Phi) is 4.28. The molecule has 0 spiro atoms. The van der Waals surface area contributed by atoms with Crippen LogP contribution in [0.5, 0.6) is 0 Å². The zero-order valence-electron chi connectivity index (χ0n) is 6.77. The van der Waals surface area contributed by atoms with Gasteiger partial charge in [0.1, 0.15) is 0 Å². The average molecular weight is 171 g/mol. The molecule has 0 atom stereocenters. The van der Waals surface area contributed by atoms with Gasteiger partial charge in [0, 0.05) is 6.08 Å². The molecule has 66 valence electrons. The molecule has 0 saturated carbocycles. The zero-order valence-corrected chi connectivity index (χ0v) is 6.77. The number of methoxy groups -OCH3 is 1. The van der Waals surface area contributed by atoms with E-state index in [1.54, 1.807) is 0 Å². The predicted octanol–water partition coefficient (Wildman–Crippen LogP) is 0.594. The van der Waals surface area contributed by atoms with Crippen LogP contribution in [0.25, 0.3) is 0 Å². The van der Waals surface area contributed by atoms with Crippen molar-refractivity contribution in [1.82, 2.24) is 0 Å². The summed E-state index contributed by atoms with van der Waals surface area (Å²) in [5, 5.41) is 6.32. The summed E-state index contributed by atoms with van der Waals surface area (Å²) >= 11 is 0. The van der Waals surface area contributed by atoms with Crippen LogP contribution in [-0.4, -0.2) is 19.1 Å². The molecule has 0 aromatic rings. The number of nitrogens with zero attached hydrogens (tertiary/aromatic N) is 2. The average Bonchev–Trinajstić information content (AvgIpc) is 2.00. The number of esters is 1. The van der Waals surface area contributed by atoms with Gasteiger partial charge in [0.15, 0.2) is 0 Å². The third kappa shape index (κ3) is 5.10. The van der Waals surface area contributed by atoms with E-state index in [9.17, 15) is 9.59 Å². The Balaban J connectivity index is 4.20. The molecule has 0 radical (unpaired) electrons. The van der Waals surface area contributed by atoms with Gasteiger partial charge in [0.05, 0.1) is 12.8 Å². The molecular formula is C6H9N3O3. The Morgan fingerprint density at radius 2 is 2.00 bits per heavy atom. The number of azo groups is 1. The molecule has 0 aliphatic carbocycles. The predicted molar refractivity (Wildman–Crippen MR) is 40.2 cm³/mol. The van der Waals surface area contributed by atoms with Gasteiger partial charge in [-0.05, 0) is 6.92 Å². The van der Waals surface area contributed by atoms with Gasteiger partial charge in [0.2, 0.25) is 0 Å². The number of rotatable bonds is 2. The minimum Gasteiger partial charge on any atom is -0.466 e. The molecule has 6 nitrogen and oxygen atoms in total. The Labute approximate surface area is 69.1 Å². The summed E-state index contributed by atoms with van der Waals surface area (Å²) in [6.45, 7) is 1.49. The number of primary amides is 1. The number of hydrogen-bond donors (Lipinski definition) is 1. The van der Waals surface area contributed by atoms with Crippen molar-refractivity contribution in [3.63, 3.8) is 0 Å². The van der Waals surface area contributed by atoms with E-state index >= 15 is 0 Å². The molecule has 12 heavy (non-hydrogen) atoms. The van der Waals surface area contributed by atoms with Gasteiger partial charge >= 0.3 is 12.0 Å². The van der Waals surface area contributed by atoms with Crippen molar-refractivity contribution in [2.45, 2.75) is 6.92 Å². The minimum atomic E-state index is -0.910. The summed E-state index contributed by atoms with van der Waals surface area (Å²) in [5.41, 5.74) is 4.91. The molecule has 0 unspecified atom stereocenters. The van der Waals surface area contributed by atoms with Crippen LogP contribution in [0.15, 0.2) is 22.0 Å². The van der Waals surface area contributed by atoms with E-state index in [1.165, 1.54) is 14.0 Å². The van der Waals surface area contributed by atoms with Crippen molar-refractivity contribution in [1.29, 1.82) is 0 Å². The molecule has 2 N–H and O–H groups in total. The summed E-state index contributed by atoms with van der Waals surface area (Å²) in [4.78, 5) is 20.6. The van der Waals surface area contributed by atoms with Gasteiger partial charge < -0.3 is 10.5 Å². The highest BCUT2D eigenvalue weighted by Crippen LogP contribution is 1.95. The number of allylic oxidation sites excluding steroid dienone is 1. The zero-order chi connectivity index (χ0) is 9.56. The molecule has 0 aliphatic rings. The Morgan fingerprint density at radius 1 is 1.42 bits per heavy atom. The standard InChI is InChI=1S/C6H9N3O3/c1-4(3-5(10)12-2)8-9-6(7)11/h3H,1-2H3,(H2,7,11). The maximum atomic E-state index is 10.6. The Hall–Kier alpha value is -1.72. The molecule has 0 aliphatic heterocycles. The van der Waals surface area contributed by atoms with Crippen LogP contribution in [0.1, 0.15) is 6.92 Å². The fourth-order valence-corrected chi connectivity index (χ4v) is 0.386. The smallest absolute Gasteiger partial charge is 0.356 e. The topological polar surface area (TPSA) is 94.1 Å². The number of amides is 2. The summed E-state index contributed by atoms with van der Waals surface area (Å²) in [6, 6.07) is -0.910. The number of nitrogens with two attached hydrogens (primary N) is 1. The van der Waals surface area contributed by atoms with Crippen LogP contribution in [0.3, 0.4) is 0 Å². The summed E-state index contributed by atoms with van der Waals surface area (Å²) in [6.07, 6.45) is 1.09. The van der Waals surface area contributed by atoms with Gasteiger partial charge in [-0.25, -0.2) is 9.59 Å². The second-order valence-electron chi connectivity index (χ2n) is 1.85. The van der Waals surface area contributed by atoms with Crippen molar-refractivity contribution >= 4 is 12.0 Å². The first-order valence-electron chi connectivity index (χ1n) is 3.03. The molecular weight excluding hydrogens is 162 g/mol. The number of ether oxygens (including phenoxy) is 1. The van der Waals surface area contributed by atoms with Gasteiger partial charge in [-0.1, -0.05) is 5.11 Å². The van der Waals surface area contributed by atoms with Crippen molar-refractivity contribution in [3.05, 3.63) is 11.8 Å². The summed E-state index contributed by atoms with van der Waals surface area (Å²) < 4.78 is 4.29. The lowest BCUT2D eigenvalue weighted by Gasteiger charge is -1.90. The number of carbonyl (C=O) groups excluding carboxylic acids is 2. The Bertz CT molecular complexity index is 244. The lowest BCUT2D eigenvalue weighted by Crippen LogP contribution is -2.02. The van der Waals surface area contributed by atoms with E-state index < -0.39 is 12.0 Å². The van der Waals surface area contributed by atoms with E-state index in [4.69, 9.17) is 0 Å². The molecule has 2 amide bonds. The maximum absolute atomic E-state index is 10.6. The normalized spacial score (nSPS) is 11.7. The highest BCUT2D eigenvalue weighted by Gasteiger charge is 1.94. The number of carbonyl (C=O) groups is 2. The van der Waals surface area contributed by atoms with Crippen LogP contribution in [-0.2, 0) is 9.53 Å². The van der Waals surface area contributed by atoms with Crippen molar-refractivity contribution in [3.8, 4) is 0 Å². The van der Waals surface area contributed by atoms with Crippen LogP contribution in [0.4, 0.5) is 4.79 Å². The van der Waals surface area contributed by atoms with Crippen LogP contribution in [0.2, 0.25) is 0 Å². The molecule has 0 bridgehead atoms. The highest BCUT2D eigenvalue weighted by atomic mass is 16.5. The molecule has 0 rings (SSSR count). The first-order valence-corrected chi connectivity index (χ1v) is 3.03. The van der Waals surface area contributed by atoms with Gasteiger partial charge in [-0.2, -0.15) is 5.11 Å². The third-order valence-corrected chi connectivity index (χ3v) is 0.834. The fourth-order valence-electron chi connectivity index (χ4n) is 0.386. The van der Waals surface area contributed by atoms with Crippen LogP contribution in [0, 0.1) is 0 Å². The van der Waals surface area contributed by atoms with Gasteiger partial charge in [0.25, 0.3) is 0 Å². The van der Waals surface area contributed by atoms with E-state index in [0.717, 1.165) is 6.08 Å². The number of hydrogen-bond acceptors (Lipinski definition) is 4. The monoisotopic (exact) mass is 171 g/mol. The largest absolute Gasteiger partial charge is 0.466 e. The number of urea groups is 1. The maximum Gasteiger partial charge on any atom is 0.356 e. The SMILES string of the molecule is COC(=O)C=C(C)N=NC(N)=O. The lowest BCUT2D eigenvalue weighted by molar-refractivity contribution is -0.134. The van der Waals surface area contributed by atoms with Crippen molar-refractivity contribution in [2.24, 2.45) is 16.0 Å². The highest BCUT2D eigenvalue weighted by molar-refractivity contribution is 5.82. The first-order chi connectivity index (χ1) is 5.56. The minimum absolute atomic E-state index is 0.251. The molecule has 0 fully saturated rings. The molecule has 6 heteroatoms. The molecule has 0 aromatic heterocycles. The fraction of sp³-hybridized carbons (Fsp3) is 0.333. The second-order valence-corrected chi connectivity index (χ2v) is 1.85. The third-order valence-electron chi connectivity index (χ3n) is 0.834. The Morgan fingerprint density at radius 3 is 2.42 bits per heavy atom. The lowest BCUT2D eigenvalue weighted by atomic mass is 10.4. The summed E-state index contributed by atoms with van der Waals surface area (Å²) in [5.74, 6) is -0.559. The van der Waals surface area contributed by atoms with E-state index in [1.807, 2.05) is 0 Å². The van der Waals surface area contributed by atoms with Crippen molar-refractivity contribution in [2.75, 3.05) is 7.11 Å². The summed E-state index contributed by atoms with van der Waals surface area (Å²) in [7, 11) is 1.23. The van der Waals surface area contributed by atoms with Crippen LogP contribution >= 0.6 is 0 Å². The van der Waals surface area contributed by atoms with Crippen LogP contribution < -0.4 is 5.73 Å². The van der Waals surface area contributed by atoms with Gasteiger partial charge in [-0.3, -0.25) is 0 Å². The van der Waals surface area contributed by atoms with E-state index in [-0.39, 0.29) is 5.70 Å². The van der Waals surface area contributed by atoms with Crippen molar-refractivity contribution < 1.29 is 14.3 Å². The second kappa shape index (κ2) is 5.00. The van der Waals surface area contributed by atoms with E-state index in [0.29, 0.717) is 0 Å². The molecule has 0 heterocycles. The first kappa shape index (κ1) is 10.3. The molecule has 0 saturated heterocycles. The molecule has 0 aromatic carbocycles. The van der Waals surface area contributed by atoms with Gasteiger partial charge in [-0.15, -0.1) is 0 Å².